The number of ether oxygens (including phenoxy) is 1. The molecule has 2 unspecified atom stereocenters. The molecule has 0 saturated carbocycles. The number of amides is 1. The van der Waals surface area contributed by atoms with E-state index in [1.807, 2.05) is 39.0 Å². The average molecular weight is 512 g/mol. The maximum absolute atomic E-state index is 12.5. The molecule has 6 nitrogen and oxygen atoms in total. The molecule has 33 heavy (non-hydrogen) atoms. The molecule has 0 aromatic heterocycles. The van der Waals surface area contributed by atoms with Crippen molar-refractivity contribution in [3.05, 3.63) is 63.6 Å². The van der Waals surface area contributed by atoms with Gasteiger partial charge in [0.25, 0.3) is 0 Å². The average Bonchev–Trinajstić information content (AvgIpc) is 2.76. The van der Waals surface area contributed by atoms with Crippen LogP contribution >= 0.6 is 23.2 Å². The van der Waals surface area contributed by atoms with E-state index in [1.165, 1.54) is 4.31 Å². The van der Waals surface area contributed by atoms with Crippen LogP contribution in [0.4, 0.5) is 10.5 Å². The van der Waals surface area contributed by atoms with Gasteiger partial charge in [-0.05, 0) is 69.4 Å². The molecule has 1 amide bonds. The molecule has 1 fully saturated rings. The summed E-state index contributed by atoms with van der Waals surface area (Å²) in [6, 6.07) is 12.8. The Labute approximate surface area is 208 Å². The molecule has 0 spiro atoms. The van der Waals surface area contributed by atoms with Crippen molar-refractivity contribution in [3.8, 4) is 0 Å². The van der Waals surface area contributed by atoms with Crippen LogP contribution in [0.1, 0.15) is 50.7 Å². The van der Waals surface area contributed by atoms with Gasteiger partial charge in [-0.2, -0.15) is 0 Å². The van der Waals surface area contributed by atoms with Gasteiger partial charge < -0.3 is 18.5 Å². The monoisotopic (exact) mass is 511 g/mol. The van der Waals surface area contributed by atoms with Crippen LogP contribution in [0, 0.1) is 0 Å². The zero-order valence-corrected chi connectivity index (χ0v) is 21.4. The molecule has 0 N–H and O–H groups in total. The van der Waals surface area contributed by atoms with Gasteiger partial charge in [-0.25, -0.2) is 4.79 Å². The lowest BCUT2D eigenvalue weighted by molar-refractivity contribution is 0.0198. The first kappa shape index (κ1) is 25.8. The minimum Gasteiger partial charge on any atom is -0.755 e. The van der Waals surface area contributed by atoms with E-state index in [4.69, 9.17) is 27.9 Å². The molecule has 0 radical (unpaired) electrons. The summed E-state index contributed by atoms with van der Waals surface area (Å²) in [5, 5.41) is 0.888. The number of carbonyl (C=O) groups is 1. The van der Waals surface area contributed by atoms with Crippen molar-refractivity contribution < 1.29 is 18.3 Å². The predicted octanol–water partition coefficient (Wildman–Crippen LogP) is 5.95. The van der Waals surface area contributed by atoms with E-state index in [-0.39, 0.29) is 18.6 Å². The predicted molar refractivity (Wildman–Crippen MR) is 133 cm³/mol. The quantitative estimate of drug-likeness (QED) is 0.449. The van der Waals surface area contributed by atoms with Crippen LogP contribution in [0.3, 0.4) is 0 Å². The van der Waals surface area contributed by atoms with Crippen molar-refractivity contribution >= 4 is 46.2 Å². The molecular formula is C24H29Cl2N2O4S-. The number of carbonyl (C=O) groups excluding carboxylic acids is 1. The molecular weight excluding hydrogens is 483 g/mol. The summed E-state index contributed by atoms with van der Waals surface area (Å²) in [4.78, 5) is 14.2. The summed E-state index contributed by atoms with van der Waals surface area (Å²) in [7, 11) is 0. The van der Waals surface area contributed by atoms with Crippen LogP contribution < -0.4 is 4.31 Å². The van der Waals surface area contributed by atoms with Gasteiger partial charge >= 0.3 is 6.09 Å². The molecule has 1 saturated heterocycles. The van der Waals surface area contributed by atoms with Crippen LogP contribution in [-0.4, -0.2) is 45.0 Å². The molecule has 1 aliphatic heterocycles. The van der Waals surface area contributed by atoms with Gasteiger partial charge in [-0.1, -0.05) is 47.5 Å². The summed E-state index contributed by atoms with van der Waals surface area (Å²) >= 11 is 9.86. The summed E-state index contributed by atoms with van der Waals surface area (Å²) in [5.74, 6) is 0.178. The molecule has 0 aliphatic carbocycles. The number of benzene rings is 2. The van der Waals surface area contributed by atoms with E-state index in [1.54, 1.807) is 29.2 Å². The van der Waals surface area contributed by atoms with Crippen LogP contribution in [0.2, 0.25) is 10.0 Å². The van der Waals surface area contributed by atoms with Crippen LogP contribution in [-0.2, 0) is 22.4 Å². The fourth-order valence-corrected chi connectivity index (χ4v) is 4.86. The van der Waals surface area contributed by atoms with Crippen molar-refractivity contribution in [2.45, 2.75) is 51.6 Å². The summed E-state index contributed by atoms with van der Waals surface area (Å²) in [6.45, 7) is 7.08. The van der Waals surface area contributed by atoms with Crippen molar-refractivity contribution in [2.75, 3.05) is 23.9 Å². The fraction of sp³-hybridized carbons (Fsp3) is 0.458. The number of hydrogen-bond donors (Lipinski definition) is 0. The normalized spacial score (nSPS) is 17.5. The molecule has 9 heteroatoms. The number of likely N-dealkylation sites (tertiary alicyclic amines) is 1. The lowest BCUT2D eigenvalue weighted by Crippen LogP contribution is -2.42. The third-order valence-electron chi connectivity index (χ3n) is 5.52. The molecule has 0 bridgehead atoms. The highest BCUT2D eigenvalue weighted by Crippen LogP contribution is 2.30. The maximum atomic E-state index is 12.5. The Hall–Kier alpha value is -1.80. The Morgan fingerprint density at radius 2 is 1.91 bits per heavy atom. The molecule has 1 aliphatic rings. The van der Waals surface area contributed by atoms with Crippen LogP contribution in [0.25, 0.3) is 0 Å². The molecule has 2 atom stereocenters. The third-order valence-corrected chi connectivity index (χ3v) is 7.13. The molecule has 3 rings (SSSR count). The van der Waals surface area contributed by atoms with Gasteiger partial charge in [-0.15, -0.1) is 0 Å². The molecule has 1 heterocycles. The number of piperidine rings is 1. The second kappa shape index (κ2) is 11.1. The molecule has 2 aromatic rings. The van der Waals surface area contributed by atoms with E-state index in [0.717, 1.165) is 24.0 Å². The van der Waals surface area contributed by atoms with Crippen LogP contribution in [0.15, 0.2) is 42.5 Å². The second-order valence-electron chi connectivity index (χ2n) is 9.14. The molecule has 2 aromatic carbocycles. The van der Waals surface area contributed by atoms with Crippen molar-refractivity contribution in [1.82, 2.24) is 4.90 Å². The summed E-state index contributed by atoms with van der Waals surface area (Å²) in [6.07, 6.45) is 1.99. The first-order chi connectivity index (χ1) is 15.5. The standard InChI is InChI=1S/C24H30Cl2N2O4S/c1-24(2,3)32-23(29)27-14-5-7-19(16-27)17-9-11-20(12-10-17)28(33(30)31)15-13-18-6-4-8-21(25)22(18)26/h4,6,8-12,19H,5,7,13-16H2,1-3H3,(H,30,31)/p-1. The summed E-state index contributed by atoms with van der Waals surface area (Å²) < 4.78 is 30.6. The lowest BCUT2D eigenvalue weighted by Gasteiger charge is -2.34. The van der Waals surface area contributed by atoms with Crippen molar-refractivity contribution in [3.63, 3.8) is 0 Å². The van der Waals surface area contributed by atoms with Gasteiger partial charge in [0, 0.05) is 42.5 Å². The Kier molecular flexibility index (Phi) is 8.67. The highest BCUT2D eigenvalue weighted by molar-refractivity contribution is 7.80. The topological polar surface area (TPSA) is 72.9 Å². The fourth-order valence-electron chi connectivity index (χ4n) is 3.91. The van der Waals surface area contributed by atoms with E-state index in [2.05, 4.69) is 0 Å². The van der Waals surface area contributed by atoms with E-state index < -0.39 is 16.9 Å². The van der Waals surface area contributed by atoms with Gasteiger partial charge in [0.15, 0.2) is 0 Å². The smallest absolute Gasteiger partial charge is 0.410 e. The number of nitrogens with zero attached hydrogens (tertiary/aromatic N) is 2. The third kappa shape index (κ3) is 7.09. The Balaban J connectivity index is 1.67. The number of hydrogen-bond acceptors (Lipinski definition) is 4. The Bertz CT molecular complexity index is 995. The number of halogens is 2. The lowest BCUT2D eigenvalue weighted by atomic mass is 9.90. The van der Waals surface area contributed by atoms with Crippen molar-refractivity contribution in [1.29, 1.82) is 0 Å². The zero-order chi connectivity index (χ0) is 24.2. The van der Waals surface area contributed by atoms with E-state index in [9.17, 15) is 13.6 Å². The summed E-state index contributed by atoms with van der Waals surface area (Å²) in [5.41, 5.74) is 1.91. The first-order valence-electron chi connectivity index (χ1n) is 10.9. The highest BCUT2D eigenvalue weighted by atomic mass is 35.5. The number of rotatable bonds is 6. The second-order valence-corrected chi connectivity index (χ2v) is 10.8. The minimum atomic E-state index is -2.44. The Morgan fingerprint density at radius 3 is 2.55 bits per heavy atom. The van der Waals surface area contributed by atoms with E-state index in [0.29, 0.717) is 35.2 Å². The zero-order valence-electron chi connectivity index (χ0n) is 19.1. The van der Waals surface area contributed by atoms with Crippen molar-refractivity contribution in [2.24, 2.45) is 0 Å². The van der Waals surface area contributed by atoms with Gasteiger partial charge in [-0.3, -0.25) is 4.21 Å². The Morgan fingerprint density at radius 1 is 1.21 bits per heavy atom. The van der Waals surface area contributed by atoms with Gasteiger partial charge in [0.2, 0.25) is 0 Å². The highest BCUT2D eigenvalue weighted by Gasteiger charge is 2.28. The number of anilines is 1. The van der Waals surface area contributed by atoms with Gasteiger partial charge in [0.05, 0.1) is 10.0 Å². The van der Waals surface area contributed by atoms with Gasteiger partial charge in [0.1, 0.15) is 5.60 Å². The largest absolute Gasteiger partial charge is 0.755 e. The van der Waals surface area contributed by atoms with E-state index >= 15 is 0 Å². The molecule has 180 valence electrons. The first-order valence-corrected chi connectivity index (χ1v) is 12.7. The SMILES string of the molecule is CC(C)(C)OC(=O)N1CCCC(c2ccc(N(CCc3cccc(Cl)c3Cl)S(=O)[O-])cc2)C1. The van der Waals surface area contributed by atoms with Crippen LogP contribution in [0.5, 0.6) is 0 Å². The minimum absolute atomic E-state index is 0.178. The maximum Gasteiger partial charge on any atom is 0.410 e.